The quantitative estimate of drug-likeness (QED) is 0.0102. The average molecular weight is 925 g/mol. The van der Waals surface area contributed by atoms with E-state index in [4.69, 9.17) is 18.5 Å². The van der Waals surface area contributed by atoms with E-state index >= 15 is 0 Å². The van der Waals surface area contributed by atoms with Crippen LogP contribution >= 0.6 is 7.82 Å². The van der Waals surface area contributed by atoms with Crippen LogP contribution in [0.25, 0.3) is 0 Å². The molecule has 0 aromatic rings. The molecule has 7 N–H and O–H groups in total. The molecule has 4 unspecified atom stereocenters. The second-order valence-corrected chi connectivity index (χ2v) is 17.5. The number of aliphatic hydroxyl groups is 6. The molecule has 0 heterocycles. The van der Waals surface area contributed by atoms with Gasteiger partial charge in [0.05, 0.1) is 12.7 Å². The normalized spacial score (nSPS) is 22.8. The number of allylic oxidation sites excluding steroid dienone is 13. The Balaban J connectivity index is 2.55. The molecular formula is C49H81O14P. The number of phosphoric ester groups is 1. The summed E-state index contributed by atoms with van der Waals surface area (Å²) in [6, 6.07) is 0. The molecule has 0 aromatic carbocycles. The van der Waals surface area contributed by atoms with Crippen LogP contribution in [0.15, 0.2) is 85.1 Å². The lowest BCUT2D eigenvalue weighted by Gasteiger charge is -2.41. The van der Waals surface area contributed by atoms with Crippen molar-refractivity contribution in [2.24, 2.45) is 0 Å². The molecule has 0 spiro atoms. The largest absolute Gasteiger partial charge is 0.472 e. The second-order valence-electron chi connectivity index (χ2n) is 16.1. The number of carbonyl (C=O) groups excluding carboxylic acids is 2. The molecule has 0 aliphatic heterocycles. The molecule has 366 valence electrons. The van der Waals surface area contributed by atoms with E-state index in [1.54, 1.807) is 12.2 Å². The summed E-state index contributed by atoms with van der Waals surface area (Å²) in [7, 11) is -5.18. The lowest BCUT2D eigenvalue weighted by atomic mass is 9.85. The zero-order valence-corrected chi connectivity index (χ0v) is 39.3. The first-order valence-corrected chi connectivity index (χ1v) is 25.0. The summed E-state index contributed by atoms with van der Waals surface area (Å²) in [4.78, 5) is 35.7. The van der Waals surface area contributed by atoms with Gasteiger partial charge in [-0.15, -0.1) is 0 Å². The van der Waals surface area contributed by atoms with Crippen LogP contribution in [-0.2, 0) is 32.7 Å². The Morgan fingerprint density at radius 3 is 1.67 bits per heavy atom. The first-order chi connectivity index (χ1) is 30.8. The Morgan fingerprint density at radius 1 is 0.578 bits per heavy atom. The fourth-order valence-corrected chi connectivity index (χ4v) is 7.49. The number of phosphoric acid groups is 1. The van der Waals surface area contributed by atoms with Gasteiger partial charge >= 0.3 is 19.8 Å². The Morgan fingerprint density at radius 2 is 1.08 bits per heavy atom. The van der Waals surface area contributed by atoms with E-state index in [2.05, 4.69) is 74.6 Å². The standard InChI is InChI=1S/C49H81O14P/c1-3-5-7-9-11-13-15-17-18-19-20-22-24-26-28-30-32-36-42(51)60-38-41(39-61-64(58,59)63-49-47(56)45(54)44(53)46(55)48(49)57)62-43(52)37-33-35-40(50)34-31-29-27-25-23-21-16-14-12-10-8-6-4-2/h6,8,11-14,17-18,21,23,27,29,31,34,40-41,44-50,53-57H,3-5,7,9-10,15-16,19-20,22,24-26,28,30,32-33,35-39H2,1-2H3,(H,58,59)/b8-6-,13-11-,14-12-,18-17-,23-21-,29-27-,34-31+/t40?,41-,44?,45-,46+,47-,48-,49?/m1/s1. The number of carbonyl (C=O) groups is 2. The molecule has 1 saturated carbocycles. The number of hydrogen-bond donors (Lipinski definition) is 7. The van der Waals surface area contributed by atoms with Gasteiger partial charge in [0.25, 0.3) is 0 Å². The molecule has 1 fully saturated rings. The highest BCUT2D eigenvalue weighted by Crippen LogP contribution is 2.47. The predicted molar refractivity (Wildman–Crippen MR) is 250 cm³/mol. The first kappa shape index (κ1) is 59.0. The SMILES string of the molecule is CC/C=C\C/C=C\C/C=C\C/C=C\C=C\C(O)CCCC(=O)O[C@H](COC(=O)CCCCCCCCC/C=C\C/C=C\CCCCC)COP(=O)(O)OC1[C@H](O)[C@H](O)C(O)[C@H](O)[C@H]1O. The summed E-state index contributed by atoms with van der Waals surface area (Å²) in [6.45, 7) is 2.98. The van der Waals surface area contributed by atoms with E-state index in [1.165, 1.54) is 19.3 Å². The molecular weight excluding hydrogens is 843 g/mol. The molecule has 1 aliphatic carbocycles. The number of aliphatic hydroxyl groups excluding tert-OH is 6. The highest BCUT2D eigenvalue weighted by atomic mass is 31.2. The Labute approximate surface area is 382 Å². The minimum atomic E-state index is -5.18. The van der Waals surface area contributed by atoms with Gasteiger partial charge in [-0.3, -0.25) is 18.6 Å². The van der Waals surface area contributed by atoms with Crippen LogP contribution < -0.4 is 0 Å². The van der Waals surface area contributed by atoms with Crippen molar-refractivity contribution in [2.45, 2.75) is 198 Å². The van der Waals surface area contributed by atoms with Crippen LogP contribution in [0.3, 0.4) is 0 Å². The van der Waals surface area contributed by atoms with Crippen molar-refractivity contribution in [3.8, 4) is 0 Å². The predicted octanol–water partition coefficient (Wildman–Crippen LogP) is 8.25. The number of hydrogen-bond acceptors (Lipinski definition) is 13. The van der Waals surface area contributed by atoms with E-state index < -0.39 is 81.8 Å². The summed E-state index contributed by atoms with van der Waals surface area (Å²) in [5.74, 6) is -1.32. The zero-order valence-electron chi connectivity index (χ0n) is 38.4. The molecule has 15 heteroatoms. The summed E-state index contributed by atoms with van der Waals surface area (Å²) < 4.78 is 33.4. The zero-order chi connectivity index (χ0) is 47.3. The summed E-state index contributed by atoms with van der Waals surface area (Å²) in [6.07, 6.45) is 32.2. The lowest BCUT2D eigenvalue weighted by molar-refractivity contribution is -0.220. The van der Waals surface area contributed by atoms with Crippen molar-refractivity contribution >= 4 is 19.8 Å². The number of esters is 2. The van der Waals surface area contributed by atoms with Gasteiger partial charge in [-0.25, -0.2) is 4.57 Å². The molecule has 64 heavy (non-hydrogen) atoms. The molecule has 1 aliphatic rings. The van der Waals surface area contributed by atoms with Crippen LogP contribution in [0.5, 0.6) is 0 Å². The van der Waals surface area contributed by atoms with E-state index in [0.29, 0.717) is 6.42 Å². The van der Waals surface area contributed by atoms with Gasteiger partial charge in [-0.1, -0.05) is 144 Å². The Kier molecular flexibility index (Phi) is 35.2. The molecule has 1 rings (SSSR count). The van der Waals surface area contributed by atoms with E-state index in [9.17, 15) is 49.7 Å². The Hall–Kier alpha value is -3.01. The third kappa shape index (κ3) is 30.2. The number of rotatable bonds is 37. The van der Waals surface area contributed by atoms with Gasteiger partial charge in [-0.05, 0) is 77.0 Å². The van der Waals surface area contributed by atoms with Crippen molar-refractivity contribution in [3.05, 3.63) is 85.1 Å². The molecule has 0 radical (unpaired) electrons. The fraction of sp³-hybridized carbons (Fsp3) is 0.673. The molecule has 0 amide bonds. The van der Waals surface area contributed by atoms with Crippen LogP contribution in [0.1, 0.15) is 149 Å². The van der Waals surface area contributed by atoms with Gasteiger partial charge in [-0.2, -0.15) is 0 Å². The number of ether oxygens (including phenoxy) is 2. The lowest BCUT2D eigenvalue weighted by Crippen LogP contribution is -2.64. The van der Waals surface area contributed by atoms with Gasteiger partial charge in [0.15, 0.2) is 6.10 Å². The maximum atomic E-state index is 12.8. The van der Waals surface area contributed by atoms with E-state index in [-0.39, 0.29) is 25.7 Å². The summed E-state index contributed by atoms with van der Waals surface area (Å²) in [5, 5.41) is 60.5. The highest BCUT2D eigenvalue weighted by Gasteiger charge is 2.51. The minimum absolute atomic E-state index is 0.112. The molecule has 0 bridgehead atoms. The topological polar surface area (TPSA) is 230 Å². The second kappa shape index (κ2) is 38.1. The van der Waals surface area contributed by atoms with E-state index in [1.807, 2.05) is 12.2 Å². The maximum Gasteiger partial charge on any atom is 0.472 e. The van der Waals surface area contributed by atoms with Crippen molar-refractivity contribution in [1.82, 2.24) is 0 Å². The van der Waals surface area contributed by atoms with Crippen molar-refractivity contribution in [3.63, 3.8) is 0 Å². The van der Waals surface area contributed by atoms with Crippen molar-refractivity contribution in [2.75, 3.05) is 13.2 Å². The van der Waals surface area contributed by atoms with Crippen molar-refractivity contribution < 1.29 is 68.2 Å². The van der Waals surface area contributed by atoms with Gasteiger partial charge in [0.1, 0.15) is 43.2 Å². The monoisotopic (exact) mass is 925 g/mol. The van der Waals surface area contributed by atoms with Crippen LogP contribution in [-0.4, -0.2) is 110 Å². The van der Waals surface area contributed by atoms with Crippen LogP contribution in [0, 0.1) is 0 Å². The smallest absolute Gasteiger partial charge is 0.462 e. The van der Waals surface area contributed by atoms with Gasteiger partial charge in [0, 0.05) is 12.8 Å². The summed E-state index contributed by atoms with van der Waals surface area (Å²) >= 11 is 0. The van der Waals surface area contributed by atoms with Crippen LogP contribution in [0.2, 0.25) is 0 Å². The average Bonchev–Trinajstić information content (AvgIpc) is 3.27. The third-order valence-corrected chi connectivity index (χ3v) is 11.3. The number of unbranched alkanes of at least 4 members (excludes halogenated alkanes) is 10. The van der Waals surface area contributed by atoms with Gasteiger partial charge < -0.3 is 45.0 Å². The minimum Gasteiger partial charge on any atom is -0.462 e. The van der Waals surface area contributed by atoms with Gasteiger partial charge in [0.2, 0.25) is 0 Å². The molecule has 0 saturated heterocycles. The fourth-order valence-electron chi connectivity index (χ4n) is 6.52. The molecule has 9 atom stereocenters. The first-order valence-electron chi connectivity index (χ1n) is 23.5. The van der Waals surface area contributed by atoms with Crippen LogP contribution in [0.4, 0.5) is 0 Å². The third-order valence-electron chi connectivity index (χ3n) is 10.3. The summed E-state index contributed by atoms with van der Waals surface area (Å²) in [5.41, 5.74) is 0. The van der Waals surface area contributed by atoms with E-state index in [0.717, 1.165) is 83.5 Å². The Bertz CT molecular complexity index is 1460. The highest BCUT2D eigenvalue weighted by molar-refractivity contribution is 7.47. The molecule has 0 aromatic heterocycles. The van der Waals surface area contributed by atoms with Crippen molar-refractivity contribution in [1.29, 1.82) is 0 Å². The molecule has 14 nitrogen and oxygen atoms in total. The maximum absolute atomic E-state index is 12.8.